The first-order valence-corrected chi connectivity index (χ1v) is 4.87. The topological polar surface area (TPSA) is 0 Å². The summed E-state index contributed by atoms with van der Waals surface area (Å²) in [4.78, 5) is 0. The lowest BCUT2D eigenvalue weighted by Crippen LogP contribution is -2.14. The van der Waals surface area contributed by atoms with Gasteiger partial charge >= 0.3 is 0 Å². The normalized spacial score (nSPS) is 31.3. The van der Waals surface area contributed by atoms with Crippen LogP contribution in [0.1, 0.15) is 40.0 Å². The van der Waals surface area contributed by atoms with Crippen LogP contribution in [0.4, 0.5) is 0 Å². The Bertz CT molecular complexity index is 133. The molecule has 0 spiro atoms. The maximum atomic E-state index is 2.42. The fourth-order valence-corrected chi connectivity index (χ4v) is 1.89. The minimum Gasteiger partial charge on any atom is -0.0882 e. The molecule has 0 bridgehead atoms. The number of rotatable bonds is 2. The minimum atomic E-state index is 0.852. The van der Waals surface area contributed by atoms with E-state index < -0.39 is 0 Å². The smallest absolute Gasteiger partial charge is 0.0205 e. The summed E-state index contributed by atoms with van der Waals surface area (Å²) in [5.74, 6) is 2.64. The molecular formula is C11H20. The Hall–Kier alpha value is -0.260. The molecule has 2 atom stereocenters. The molecule has 0 saturated heterocycles. The summed E-state index contributed by atoms with van der Waals surface area (Å²) < 4.78 is 0. The van der Waals surface area contributed by atoms with Crippen LogP contribution in [-0.2, 0) is 0 Å². The molecule has 0 heterocycles. The molecule has 0 radical (unpaired) electrons. The molecule has 2 unspecified atom stereocenters. The highest BCUT2D eigenvalue weighted by atomic mass is 14.2. The van der Waals surface area contributed by atoms with E-state index >= 15 is 0 Å². The monoisotopic (exact) mass is 152 g/mol. The van der Waals surface area contributed by atoms with E-state index in [1.165, 1.54) is 19.3 Å². The van der Waals surface area contributed by atoms with Gasteiger partial charge in [-0.15, -0.1) is 0 Å². The lowest BCUT2D eigenvalue weighted by atomic mass is 9.81. The van der Waals surface area contributed by atoms with Gasteiger partial charge in [-0.25, -0.2) is 0 Å². The van der Waals surface area contributed by atoms with Crippen LogP contribution in [-0.4, -0.2) is 0 Å². The summed E-state index contributed by atoms with van der Waals surface area (Å²) in [5, 5.41) is 0. The SMILES string of the molecule is CC(C)CC1C=CCCC1C. The quantitative estimate of drug-likeness (QED) is 0.530. The lowest BCUT2D eigenvalue weighted by molar-refractivity contribution is 0.330. The minimum absolute atomic E-state index is 0.852. The van der Waals surface area contributed by atoms with Gasteiger partial charge in [-0.1, -0.05) is 32.9 Å². The van der Waals surface area contributed by atoms with Crippen molar-refractivity contribution in [2.24, 2.45) is 17.8 Å². The maximum Gasteiger partial charge on any atom is -0.0205 e. The van der Waals surface area contributed by atoms with Gasteiger partial charge in [-0.2, -0.15) is 0 Å². The summed E-state index contributed by atoms with van der Waals surface area (Å²) in [5.41, 5.74) is 0. The van der Waals surface area contributed by atoms with Crippen LogP contribution < -0.4 is 0 Å². The first-order chi connectivity index (χ1) is 5.20. The summed E-state index contributed by atoms with van der Waals surface area (Å²) >= 11 is 0. The standard InChI is InChI=1S/C11H20/c1-9(2)8-11-7-5-4-6-10(11)3/h5,7,9-11H,4,6,8H2,1-3H3. The van der Waals surface area contributed by atoms with E-state index in [1.807, 2.05) is 0 Å². The predicted molar refractivity (Wildman–Crippen MR) is 50.5 cm³/mol. The Balaban J connectivity index is 2.41. The van der Waals surface area contributed by atoms with Crippen LogP contribution in [0.2, 0.25) is 0 Å². The van der Waals surface area contributed by atoms with Crippen molar-refractivity contribution >= 4 is 0 Å². The van der Waals surface area contributed by atoms with Gasteiger partial charge in [0.1, 0.15) is 0 Å². The molecule has 0 N–H and O–H groups in total. The van der Waals surface area contributed by atoms with Crippen LogP contribution in [0.3, 0.4) is 0 Å². The van der Waals surface area contributed by atoms with Crippen molar-refractivity contribution in [1.29, 1.82) is 0 Å². The third-order valence-corrected chi connectivity index (χ3v) is 2.65. The van der Waals surface area contributed by atoms with E-state index in [4.69, 9.17) is 0 Å². The molecule has 1 aliphatic carbocycles. The molecule has 0 aromatic heterocycles. The fourth-order valence-electron chi connectivity index (χ4n) is 1.89. The molecular weight excluding hydrogens is 132 g/mol. The van der Waals surface area contributed by atoms with Gasteiger partial charge in [0.25, 0.3) is 0 Å². The zero-order valence-electron chi connectivity index (χ0n) is 8.01. The van der Waals surface area contributed by atoms with E-state index in [2.05, 4.69) is 32.9 Å². The molecule has 1 rings (SSSR count). The Labute approximate surface area is 70.7 Å². The predicted octanol–water partition coefficient (Wildman–Crippen LogP) is 3.63. The number of hydrogen-bond donors (Lipinski definition) is 0. The van der Waals surface area contributed by atoms with Gasteiger partial charge < -0.3 is 0 Å². The highest BCUT2D eigenvalue weighted by Gasteiger charge is 2.17. The Morgan fingerprint density at radius 1 is 1.45 bits per heavy atom. The van der Waals surface area contributed by atoms with Crippen molar-refractivity contribution in [3.05, 3.63) is 12.2 Å². The van der Waals surface area contributed by atoms with Gasteiger partial charge in [0, 0.05) is 0 Å². The largest absolute Gasteiger partial charge is 0.0882 e. The average molecular weight is 152 g/mol. The zero-order valence-corrected chi connectivity index (χ0v) is 8.01. The third kappa shape index (κ3) is 2.69. The van der Waals surface area contributed by atoms with E-state index in [0.717, 1.165) is 17.8 Å². The van der Waals surface area contributed by atoms with Crippen LogP contribution in [0.5, 0.6) is 0 Å². The van der Waals surface area contributed by atoms with Crippen molar-refractivity contribution in [1.82, 2.24) is 0 Å². The molecule has 0 saturated carbocycles. The fraction of sp³-hybridized carbons (Fsp3) is 0.818. The van der Waals surface area contributed by atoms with Crippen molar-refractivity contribution < 1.29 is 0 Å². The summed E-state index contributed by atoms with van der Waals surface area (Å²) in [6.45, 7) is 7.01. The van der Waals surface area contributed by atoms with E-state index in [0.29, 0.717) is 0 Å². The molecule has 0 nitrogen and oxygen atoms in total. The highest BCUT2D eigenvalue weighted by Crippen LogP contribution is 2.28. The van der Waals surface area contributed by atoms with Crippen molar-refractivity contribution in [2.75, 3.05) is 0 Å². The first kappa shape index (κ1) is 8.83. The second-order valence-corrected chi connectivity index (χ2v) is 4.28. The van der Waals surface area contributed by atoms with E-state index in [9.17, 15) is 0 Å². The van der Waals surface area contributed by atoms with Gasteiger partial charge in [-0.05, 0) is 37.0 Å². The molecule has 11 heavy (non-hydrogen) atoms. The molecule has 1 aliphatic rings. The Morgan fingerprint density at radius 2 is 2.18 bits per heavy atom. The van der Waals surface area contributed by atoms with Crippen LogP contribution in [0.25, 0.3) is 0 Å². The van der Waals surface area contributed by atoms with Crippen LogP contribution >= 0.6 is 0 Å². The molecule has 0 aromatic rings. The molecule has 64 valence electrons. The van der Waals surface area contributed by atoms with Gasteiger partial charge in [0.05, 0.1) is 0 Å². The van der Waals surface area contributed by atoms with Crippen LogP contribution in [0, 0.1) is 17.8 Å². The van der Waals surface area contributed by atoms with Crippen molar-refractivity contribution in [3.63, 3.8) is 0 Å². The summed E-state index contributed by atoms with van der Waals surface area (Å²) in [7, 11) is 0. The molecule has 0 aromatic carbocycles. The number of hydrogen-bond acceptors (Lipinski definition) is 0. The molecule has 0 fully saturated rings. The molecule has 0 heteroatoms. The third-order valence-electron chi connectivity index (χ3n) is 2.65. The van der Waals surface area contributed by atoms with Crippen molar-refractivity contribution in [3.8, 4) is 0 Å². The van der Waals surface area contributed by atoms with Gasteiger partial charge in [-0.3, -0.25) is 0 Å². The Kier molecular flexibility index (Phi) is 3.16. The van der Waals surface area contributed by atoms with Gasteiger partial charge in [0.2, 0.25) is 0 Å². The van der Waals surface area contributed by atoms with Crippen LogP contribution in [0.15, 0.2) is 12.2 Å². The average Bonchev–Trinajstić information content (AvgIpc) is 1.93. The molecule has 0 amide bonds. The molecule has 0 aliphatic heterocycles. The second-order valence-electron chi connectivity index (χ2n) is 4.28. The second kappa shape index (κ2) is 3.94. The van der Waals surface area contributed by atoms with Gasteiger partial charge in [0.15, 0.2) is 0 Å². The highest BCUT2D eigenvalue weighted by molar-refractivity contribution is 4.95. The first-order valence-electron chi connectivity index (χ1n) is 4.87. The number of allylic oxidation sites excluding steroid dienone is 2. The zero-order chi connectivity index (χ0) is 8.27. The maximum absolute atomic E-state index is 2.42. The van der Waals surface area contributed by atoms with E-state index in [-0.39, 0.29) is 0 Å². The summed E-state index contributed by atoms with van der Waals surface area (Å²) in [6, 6.07) is 0. The summed E-state index contributed by atoms with van der Waals surface area (Å²) in [6.07, 6.45) is 8.85. The Morgan fingerprint density at radius 3 is 2.73 bits per heavy atom. The van der Waals surface area contributed by atoms with E-state index in [1.54, 1.807) is 0 Å². The lowest BCUT2D eigenvalue weighted by Gasteiger charge is -2.25. The van der Waals surface area contributed by atoms with Crippen molar-refractivity contribution in [2.45, 2.75) is 40.0 Å².